The highest BCUT2D eigenvalue weighted by Crippen LogP contribution is 2.11. The number of hydrogen-bond acceptors (Lipinski definition) is 5. The van der Waals surface area contributed by atoms with Crippen molar-refractivity contribution in [3.8, 4) is 0 Å². The Morgan fingerprint density at radius 1 is 1.24 bits per heavy atom. The van der Waals surface area contributed by atoms with E-state index in [2.05, 4.69) is 21.2 Å². The normalized spacial score (nSPS) is 12.6. The molecule has 0 heterocycles. The van der Waals surface area contributed by atoms with Gasteiger partial charge in [-0.1, -0.05) is 15.9 Å². The van der Waals surface area contributed by atoms with E-state index in [9.17, 15) is 14.4 Å². The number of hydrogen-bond donors (Lipinski definition) is 2. The number of halogens is 1. The van der Waals surface area contributed by atoms with E-state index >= 15 is 0 Å². The molecule has 6 nitrogen and oxygen atoms in total. The second-order valence-corrected chi connectivity index (χ2v) is 6.30. The van der Waals surface area contributed by atoms with Crippen molar-refractivity contribution in [2.75, 3.05) is 11.9 Å². The molecular weight excluding hydrogens is 340 g/mol. The Balaban J connectivity index is 4.49. The average Bonchev–Trinajstić information content (AvgIpc) is 2.38. The molecule has 3 N–H and O–H groups in total. The minimum absolute atomic E-state index is 0.0822. The van der Waals surface area contributed by atoms with E-state index in [0.29, 0.717) is 13.0 Å². The molecule has 0 saturated heterocycles. The van der Waals surface area contributed by atoms with E-state index in [1.54, 1.807) is 20.8 Å². The van der Waals surface area contributed by atoms with Gasteiger partial charge in [-0.3, -0.25) is 14.4 Å². The van der Waals surface area contributed by atoms with Crippen LogP contribution in [0.15, 0.2) is 0 Å². The summed E-state index contributed by atoms with van der Waals surface area (Å²) in [5.41, 5.74) is 4.81. The number of rotatable bonds is 9. The van der Waals surface area contributed by atoms with Gasteiger partial charge in [-0.2, -0.15) is 0 Å². The number of nitrogens with two attached hydrogens (primary N) is 1. The van der Waals surface area contributed by atoms with Gasteiger partial charge in [-0.15, -0.1) is 0 Å². The molecule has 21 heavy (non-hydrogen) atoms. The summed E-state index contributed by atoms with van der Waals surface area (Å²) < 4.78 is 5.19. The van der Waals surface area contributed by atoms with E-state index in [1.807, 2.05) is 0 Å². The first-order valence-corrected chi connectivity index (χ1v) is 8.11. The van der Waals surface area contributed by atoms with Crippen molar-refractivity contribution < 1.29 is 19.1 Å². The van der Waals surface area contributed by atoms with Crippen LogP contribution < -0.4 is 11.1 Å². The second kappa shape index (κ2) is 9.89. The largest absolute Gasteiger partial charge is 0.460 e. The molecule has 1 atom stereocenters. The van der Waals surface area contributed by atoms with Gasteiger partial charge >= 0.3 is 5.97 Å². The van der Waals surface area contributed by atoms with Crippen molar-refractivity contribution in [3.63, 3.8) is 0 Å². The summed E-state index contributed by atoms with van der Waals surface area (Å²) in [4.78, 5) is 35.1. The van der Waals surface area contributed by atoms with Gasteiger partial charge in [-0.25, -0.2) is 0 Å². The van der Waals surface area contributed by atoms with Crippen LogP contribution in [-0.2, 0) is 19.1 Å². The van der Waals surface area contributed by atoms with E-state index in [4.69, 9.17) is 10.5 Å². The van der Waals surface area contributed by atoms with Gasteiger partial charge in [0.15, 0.2) is 5.78 Å². The van der Waals surface area contributed by atoms with Crippen molar-refractivity contribution in [3.05, 3.63) is 0 Å². The second-order valence-electron chi connectivity index (χ2n) is 5.74. The summed E-state index contributed by atoms with van der Waals surface area (Å²) >= 11 is 3.03. The molecule has 0 bridgehead atoms. The minimum atomic E-state index is -0.672. The van der Waals surface area contributed by atoms with Crippen molar-refractivity contribution >= 4 is 33.6 Å². The molecule has 7 heteroatoms. The van der Waals surface area contributed by atoms with Gasteiger partial charge in [0.05, 0.1) is 11.4 Å². The Bertz CT molecular complexity index is 366. The number of ether oxygens (including phenoxy) is 1. The van der Waals surface area contributed by atoms with Crippen LogP contribution in [0.4, 0.5) is 0 Å². The fourth-order valence-electron chi connectivity index (χ4n) is 1.65. The number of ketones is 1. The lowest BCUT2D eigenvalue weighted by Gasteiger charge is -2.21. The molecule has 0 aliphatic carbocycles. The van der Waals surface area contributed by atoms with Crippen LogP contribution in [0.1, 0.15) is 46.5 Å². The van der Waals surface area contributed by atoms with E-state index in [-0.39, 0.29) is 42.3 Å². The summed E-state index contributed by atoms with van der Waals surface area (Å²) in [6.45, 7) is 5.75. The summed E-state index contributed by atoms with van der Waals surface area (Å²) in [5, 5.41) is 2.72. The number of esters is 1. The number of Topliss-reactive ketones (excluding diaryl/α,β-unsaturated/α-hetero) is 1. The van der Waals surface area contributed by atoms with Gasteiger partial charge in [0.25, 0.3) is 0 Å². The van der Waals surface area contributed by atoms with Crippen molar-refractivity contribution in [2.24, 2.45) is 5.73 Å². The predicted octanol–water partition coefficient (Wildman–Crippen LogP) is 1.30. The Morgan fingerprint density at radius 2 is 1.86 bits per heavy atom. The van der Waals surface area contributed by atoms with E-state index in [1.165, 1.54) is 0 Å². The SMILES string of the molecule is CC(C)(C)OC(=O)CC[C@@H](NC(=O)CBr)C(=O)CCCN. The van der Waals surface area contributed by atoms with Gasteiger partial charge in [0, 0.05) is 12.8 Å². The van der Waals surface area contributed by atoms with Crippen LogP contribution in [0.25, 0.3) is 0 Å². The molecule has 0 radical (unpaired) electrons. The highest BCUT2D eigenvalue weighted by atomic mass is 79.9. The third-order valence-electron chi connectivity index (χ3n) is 2.53. The molecule has 0 aromatic heterocycles. The lowest BCUT2D eigenvalue weighted by Crippen LogP contribution is -2.42. The molecule has 0 rings (SSSR count). The minimum Gasteiger partial charge on any atom is -0.460 e. The Labute approximate surface area is 134 Å². The van der Waals surface area contributed by atoms with Gasteiger partial charge < -0.3 is 15.8 Å². The maximum absolute atomic E-state index is 12.0. The monoisotopic (exact) mass is 364 g/mol. The zero-order valence-corrected chi connectivity index (χ0v) is 14.5. The van der Waals surface area contributed by atoms with Crippen LogP contribution in [0.2, 0.25) is 0 Å². The van der Waals surface area contributed by atoms with Crippen molar-refractivity contribution in [1.29, 1.82) is 0 Å². The van der Waals surface area contributed by atoms with Crippen molar-refractivity contribution in [2.45, 2.75) is 58.1 Å². The quantitative estimate of drug-likeness (QED) is 0.474. The Morgan fingerprint density at radius 3 is 2.33 bits per heavy atom. The van der Waals surface area contributed by atoms with Crippen LogP contribution in [0.5, 0.6) is 0 Å². The lowest BCUT2D eigenvalue weighted by atomic mass is 10.0. The molecule has 0 aromatic rings. The number of carbonyl (C=O) groups is 3. The third kappa shape index (κ3) is 10.4. The van der Waals surface area contributed by atoms with Gasteiger partial charge in [0.1, 0.15) is 5.60 Å². The average molecular weight is 365 g/mol. The zero-order chi connectivity index (χ0) is 16.5. The fraction of sp³-hybridized carbons (Fsp3) is 0.786. The first-order valence-electron chi connectivity index (χ1n) is 6.99. The smallest absolute Gasteiger partial charge is 0.306 e. The lowest BCUT2D eigenvalue weighted by molar-refractivity contribution is -0.155. The summed E-state index contributed by atoms with van der Waals surface area (Å²) in [6, 6.07) is -0.672. The Kier molecular flexibility index (Phi) is 9.44. The van der Waals surface area contributed by atoms with E-state index in [0.717, 1.165) is 0 Å². The summed E-state index contributed by atoms with van der Waals surface area (Å²) in [5.74, 6) is -0.782. The number of amides is 1. The predicted molar refractivity (Wildman–Crippen MR) is 84.1 cm³/mol. The first-order chi connectivity index (χ1) is 9.69. The van der Waals surface area contributed by atoms with Crippen LogP contribution in [-0.4, -0.2) is 41.2 Å². The third-order valence-corrected chi connectivity index (χ3v) is 3.04. The number of carbonyl (C=O) groups excluding carboxylic acids is 3. The maximum atomic E-state index is 12.0. The Hall–Kier alpha value is -0.950. The molecule has 0 unspecified atom stereocenters. The maximum Gasteiger partial charge on any atom is 0.306 e. The molecule has 0 saturated carbocycles. The molecule has 0 fully saturated rings. The van der Waals surface area contributed by atoms with E-state index < -0.39 is 11.6 Å². The molecule has 0 spiro atoms. The van der Waals surface area contributed by atoms with Crippen molar-refractivity contribution in [1.82, 2.24) is 5.32 Å². The topological polar surface area (TPSA) is 98.5 Å². The van der Waals surface area contributed by atoms with Crippen LogP contribution >= 0.6 is 15.9 Å². The highest BCUT2D eigenvalue weighted by Gasteiger charge is 2.23. The fourth-order valence-corrected chi connectivity index (χ4v) is 1.81. The molecular formula is C14H25BrN2O4. The number of alkyl halides is 1. The molecule has 0 aromatic carbocycles. The standard InChI is InChI=1S/C14H25BrN2O4/c1-14(2,3)21-13(20)7-6-10(17-12(19)9-15)11(18)5-4-8-16/h10H,4-9,16H2,1-3H3,(H,17,19)/t10-/m1/s1. The van der Waals surface area contributed by atoms with Crippen LogP contribution in [0.3, 0.4) is 0 Å². The van der Waals surface area contributed by atoms with Crippen LogP contribution in [0, 0.1) is 0 Å². The zero-order valence-electron chi connectivity index (χ0n) is 12.9. The first kappa shape index (κ1) is 20.1. The van der Waals surface area contributed by atoms with Gasteiger partial charge in [-0.05, 0) is 40.2 Å². The number of nitrogens with one attached hydrogen (secondary N) is 1. The molecule has 1 amide bonds. The summed E-state index contributed by atoms with van der Waals surface area (Å²) in [7, 11) is 0. The molecule has 0 aliphatic rings. The highest BCUT2D eigenvalue weighted by molar-refractivity contribution is 9.09. The molecule has 0 aliphatic heterocycles. The summed E-state index contributed by atoms with van der Waals surface area (Å²) in [6.07, 6.45) is 1.17. The molecule has 122 valence electrons. The van der Waals surface area contributed by atoms with Gasteiger partial charge in [0.2, 0.25) is 5.91 Å².